The summed E-state index contributed by atoms with van der Waals surface area (Å²) in [5.74, 6) is 0.190. The van der Waals surface area contributed by atoms with E-state index < -0.39 is 20.7 Å². The number of anilines is 1. The number of rotatable bonds is 5. The molecule has 0 saturated carbocycles. The first-order valence-corrected chi connectivity index (χ1v) is 10.9. The number of carbonyl (C=O) groups excluding carboxylic acids is 1. The number of fused-ring (bicyclic) bond motifs is 1. The smallest absolute Gasteiger partial charge is 0.351 e. The van der Waals surface area contributed by atoms with E-state index in [2.05, 4.69) is 5.32 Å². The molecule has 7 nitrogen and oxygen atoms in total. The average Bonchev–Trinajstić information content (AvgIpc) is 2.73. The summed E-state index contributed by atoms with van der Waals surface area (Å²) in [5, 5.41) is 2.84. The number of ether oxygens (including phenoxy) is 3. The molecular weight excluding hydrogens is 406 g/mol. The second kappa shape index (κ2) is 8.39. The first-order valence-electron chi connectivity index (χ1n) is 9.43. The van der Waals surface area contributed by atoms with Crippen molar-refractivity contribution < 1.29 is 27.4 Å². The minimum atomic E-state index is -4.09. The van der Waals surface area contributed by atoms with E-state index in [9.17, 15) is 13.2 Å². The van der Waals surface area contributed by atoms with Crippen LogP contribution in [0.2, 0.25) is 0 Å². The fraction of sp³-hybridized carbons (Fsp3) is 0.318. The van der Waals surface area contributed by atoms with Crippen molar-refractivity contribution in [1.82, 2.24) is 0 Å². The molecule has 0 fully saturated rings. The minimum absolute atomic E-state index is 0.0103. The number of sulfone groups is 1. The summed E-state index contributed by atoms with van der Waals surface area (Å²) in [6.07, 6.45) is 1.13. The van der Waals surface area contributed by atoms with E-state index in [1.165, 1.54) is 12.1 Å². The lowest BCUT2D eigenvalue weighted by molar-refractivity contribution is -0.135. The van der Waals surface area contributed by atoms with Gasteiger partial charge in [0.05, 0.1) is 12.0 Å². The van der Waals surface area contributed by atoms with Gasteiger partial charge in [-0.25, -0.2) is 13.2 Å². The first kappa shape index (κ1) is 21.7. The topological polar surface area (TPSA) is 90.9 Å². The van der Waals surface area contributed by atoms with Gasteiger partial charge >= 0.3 is 5.97 Å². The zero-order valence-corrected chi connectivity index (χ0v) is 18.2. The SMILES string of the molecule is COC(=O)/C(=C/Nc1ccc2c(c1)OCCO2)S(=O)(=O)c1ccc(C(C)(C)C)cc1. The van der Waals surface area contributed by atoms with Crippen molar-refractivity contribution in [1.29, 1.82) is 0 Å². The fourth-order valence-corrected chi connectivity index (χ4v) is 4.16. The standard InChI is InChI=1S/C22H25NO6S/c1-22(2,3)15-5-8-17(9-6-15)30(25,26)20(21(24)27-4)14-23-16-7-10-18-19(13-16)29-12-11-28-18/h5-10,13-14,23H,11-12H2,1-4H3/b20-14-. The molecule has 30 heavy (non-hydrogen) atoms. The second-order valence-electron chi connectivity index (χ2n) is 7.78. The van der Waals surface area contributed by atoms with Gasteiger partial charge in [0, 0.05) is 18.0 Å². The molecule has 160 valence electrons. The van der Waals surface area contributed by atoms with Crippen molar-refractivity contribution in [3.8, 4) is 11.5 Å². The van der Waals surface area contributed by atoms with Crippen LogP contribution in [0.3, 0.4) is 0 Å². The molecule has 2 aromatic rings. The molecule has 0 bridgehead atoms. The molecule has 0 aliphatic carbocycles. The third kappa shape index (κ3) is 4.59. The van der Waals surface area contributed by atoms with Gasteiger partial charge in [-0.2, -0.15) is 0 Å². The summed E-state index contributed by atoms with van der Waals surface area (Å²) >= 11 is 0. The van der Waals surface area contributed by atoms with Crippen molar-refractivity contribution in [2.75, 3.05) is 25.6 Å². The Labute approximate surface area is 176 Å². The van der Waals surface area contributed by atoms with E-state index in [0.29, 0.717) is 30.4 Å². The average molecular weight is 432 g/mol. The van der Waals surface area contributed by atoms with Crippen LogP contribution in [0.5, 0.6) is 11.5 Å². The van der Waals surface area contributed by atoms with Crippen molar-refractivity contribution >= 4 is 21.5 Å². The van der Waals surface area contributed by atoms with Crippen molar-refractivity contribution in [2.24, 2.45) is 0 Å². The van der Waals surface area contributed by atoms with Crippen molar-refractivity contribution in [2.45, 2.75) is 31.1 Å². The number of carbonyl (C=O) groups is 1. The molecule has 0 amide bonds. The summed E-state index contributed by atoms with van der Waals surface area (Å²) in [7, 11) is -2.96. The molecule has 0 aromatic heterocycles. The summed E-state index contributed by atoms with van der Waals surface area (Å²) < 4.78 is 41.9. The predicted octanol–water partition coefficient (Wildman–Crippen LogP) is 3.66. The van der Waals surface area contributed by atoms with Crippen LogP contribution < -0.4 is 14.8 Å². The van der Waals surface area contributed by atoms with Crippen LogP contribution >= 0.6 is 0 Å². The van der Waals surface area contributed by atoms with Gasteiger partial charge in [0.15, 0.2) is 16.4 Å². The van der Waals surface area contributed by atoms with E-state index in [1.54, 1.807) is 30.3 Å². The van der Waals surface area contributed by atoms with Gasteiger partial charge < -0.3 is 19.5 Å². The Morgan fingerprint density at radius 3 is 2.27 bits per heavy atom. The van der Waals surface area contributed by atoms with E-state index >= 15 is 0 Å². The number of hydrogen-bond donors (Lipinski definition) is 1. The quantitative estimate of drug-likeness (QED) is 0.571. The van der Waals surface area contributed by atoms with Crippen molar-refractivity contribution in [3.05, 3.63) is 59.1 Å². The monoisotopic (exact) mass is 431 g/mol. The normalized spacial score (nSPS) is 14.2. The fourth-order valence-electron chi connectivity index (χ4n) is 2.89. The van der Waals surface area contributed by atoms with E-state index in [0.717, 1.165) is 18.9 Å². The number of methoxy groups -OCH3 is 1. The van der Waals surface area contributed by atoms with Crippen LogP contribution in [0.1, 0.15) is 26.3 Å². The molecule has 0 unspecified atom stereocenters. The zero-order chi connectivity index (χ0) is 21.9. The highest BCUT2D eigenvalue weighted by molar-refractivity contribution is 7.96. The van der Waals surface area contributed by atoms with Gasteiger partial charge in [0.1, 0.15) is 13.2 Å². The highest BCUT2D eigenvalue weighted by Crippen LogP contribution is 2.33. The van der Waals surface area contributed by atoms with Crippen LogP contribution in [0.25, 0.3) is 0 Å². The van der Waals surface area contributed by atoms with E-state index in [1.807, 2.05) is 20.8 Å². The van der Waals surface area contributed by atoms with Crippen LogP contribution in [-0.4, -0.2) is 34.7 Å². The molecular formula is C22H25NO6S. The minimum Gasteiger partial charge on any atom is -0.486 e. The molecule has 1 aliphatic rings. The second-order valence-corrected chi connectivity index (χ2v) is 9.70. The Hall–Kier alpha value is -3.00. The maximum atomic E-state index is 13.1. The number of hydrogen-bond acceptors (Lipinski definition) is 7. The van der Waals surface area contributed by atoms with Gasteiger partial charge in [-0.05, 0) is 35.2 Å². The van der Waals surface area contributed by atoms with Crippen LogP contribution in [-0.2, 0) is 24.8 Å². The van der Waals surface area contributed by atoms with Gasteiger partial charge in [-0.1, -0.05) is 32.9 Å². The Kier molecular flexibility index (Phi) is 6.07. The maximum absolute atomic E-state index is 13.1. The molecule has 8 heteroatoms. The molecule has 0 atom stereocenters. The number of nitrogens with one attached hydrogen (secondary N) is 1. The van der Waals surface area contributed by atoms with E-state index in [4.69, 9.17) is 14.2 Å². The van der Waals surface area contributed by atoms with Gasteiger partial charge in [-0.3, -0.25) is 0 Å². The molecule has 0 spiro atoms. The lowest BCUT2D eigenvalue weighted by Crippen LogP contribution is -2.18. The largest absolute Gasteiger partial charge is 0.486 e. The van der Waals surface area contributed by atoms with Crippen LogP contribution in [0.4, 0.5) is 5.69 Å². The Morgan fingerprint density at radius 2 is 1.67 bits per heavy atom. The molecule has 1 aliphatic heterocycles. The van der Waals surface area contributed by atoms with Gasteiger partial charge in [0.2, 0.25) is 9.84 Å². The molecule has 3 rings (SSSR count). The number of esters is 1. The summed E-state index contributed by atoms with van der Waals surface area (Å²) in [6.45, 7) is 7.01. The molecule has 1 heterocycles. The summed E-state index contributed by atoms with van der Waals surface area (Å²) in [4.78, 5) is 11.8. The van der Waals surface area contributed by atoms with Crippen LogP contribution in [0, 0.1) is 0 Å². The third-order valence-electron chi connectivity index (χ3n) is 4.62. The highest BCUT2D eigenvalue weighted by atomic mass is 32.2. The van der Waals surface area contributed by atoms with Gasteiger partial charge in [-0.15, -0.1) is 0 Å². The van der Waals surface area contributed by atoms with E-state index in [-0.39, 0.29) is 10.3 Å². The first-order chi connectivity index (χ1) is 14.1. The summed E-state index contributed by atoms with van der Waals surface area (Å²) in [5.41, 5.74) is 1.40. The molecule has 2 aromatic carbocycles. The maximum Gasteiger partial charge on any atom is 0.351 e. The molecule has 1 N–H and O–H groups in total. The Bertz CT molecular complexity index is 1070. The van der Waals surface area contributed by atoms with Crippen molar-refractivity contribution in [3.63, 3.8) is 0 Å². The predicted molar refractivity (Wildman–Crippen MR) is 113 cm³/mol. The zero-order valence-electron chi connectivity index (χ0n) is 17.4. The third-order valence-corrected chi connectivity index (χ3v) is 6.38. The highest BCUT2D eigenvalue weighted by Gasteiger charge is 2.28. The molecule has 0 saturated heterocycles. The lowest BCUT2D eigenvalue weighted by atomic mass is 9.87. The Morgan fingerprint density at radius 1 is 1.03 bits per heavy atom. The summed E-state index contributed by atoms with van der Waals surface area (Å²) in [6, 6.07) is 11.6. The van der Waals surface area contributed by atoms with Gasteiger partial charge in [0.25, 0.3) is 0 Å². The lowest BCUT2D eigenvalue weighted by Gasteiger charge is -2.19. The molecule has 0 radical (unpaired) electrons. The van der Waals surface area contributed by atoms with Crippen LogP contribution in [0.15, 0.2) is 58.5 Å². The number of benzene rings is 2. The Balaban J connectivity index is 1.92.